The van der Waals surface area contributed by atoms with Crippen molar-refractivity contribution in [2.75, 3.05) is 7.11 Å². The lowest BCUT2D eigenvalue weighted by atomic mass is 10.0. The first-order chi connectivity index (χ1) is 7.49. The lowest BCUT2D eigenvalue weighted by molar-refractivity contribution is 0.0597. The Hall–Kier alpha value is -0.680. The van der Waals surface area contributed by atoms with E-state index < -0.39 is 5.97 Å². The van der Waals surface area contributed by atoms with Crippen molar-refractivity contribution in [3.63, 3.8) is 0 Å². The van der Waals surface area contributed by atoms with Gasteiger partial charge < -0.3 is 4.74 Å². The van der Waals surface area contributed by atoms with Gasteiger partial charge in [0.15, 0.2) is 5.78 Å². The molecule has 3 nitrogen and oxygen atoms in total. The van der Waals surface area contributed by atoms with Gasteiger partial charge in [-0.3, -0.25) is 4.79 Å². The number of halogens is 2. The molecular formula is C11H10Br2O3. The Labute approximate surface area is 110 Å². The van der Waals surface area contributed by atoms with Crippen LogP contribution >= 0.6 is 31.9 Å². The van der Waals surface area contributed by atoms with Crippen LogP contribution in [0.1, 0.15) is 27.6 Å². The van der Waals surface area contributed by atoms with Crippen LogP contribution in [0.15, 0.2) is 22.7 Å². The lowest BCUT2D eigenvalue weighted by Gasteiger charge is -2.10. The summed E-state index contributed by atoms with van der Waals surface area (Å²) in [6, 6.07) is 4.97. The Balaban J connectivity index is 3.35. The van der Waals surface area contributed by atoms with Gasteiger partial charge >= 0.3 is 5.97 Å². The molecule has 0 aromatic heterocycles. The molecule has 86 valence electrons. The third-order valence-electron chi connectivity index (χ3n) is 2.03. The summed E-state index contributed by atoms with van der Waals surface area (Å²) in [4.78, 5) is 23.1. The highest BCUT2D eigenvalue weighted by Gasteiger charge is 2.22. The maximum Gasteiger partial charge on any atom is 0.338 e. The van der Waals surface area contributed by atoms with Crippen molar-refractivity contribution >= 4 is 43.6 Å². The largest absolute Gasteiger partial charge is 0.465 e. The molecule has 0 N–H and O–H groups in total. The fourth-order valence-corrected chi connectivity index (χ4v) is 2.04. The number of alkyl halides is 1. The first-order valence-corrected chi connectivity index (χ1v) is 6.25. The topological polar surface area (TPSA) is 43.4 Å². The van der Waals surface area contributed by atoms with Crippen LogP contribution in [-0.2, 0) is 4.74 Å². The molecular weight excluding hydrogens is 340 g/mol. The molecule has 1 aromatic carbocycles. The van der Waals surface area contributed by atoms with Gasteiger partial charge in [-0.1, -0.05) is 37.9 Å². The minimum Gasteiger partial charge on any atom is -0.465 e. The number of benzene rings is 1. The summed E-state index contributed by atoms with van der Waals surface area (Å²) in [7, 11) is 1.29. The summed E-state index contributed by atoms with van der Waals surface area (Å²) >= 11 is 6.46. The molecule has 0 radical (unpaired) electrons. The van der Waals surface area contributed by atoms with Crippen molar-refractivity contribution in [2.24, 2.45) is 0 Å². The van der Waals surface area contributed by atoms with Crippen molar-refractivity contribution in [1.29, 1.82) is 0 Å². The van der Waals surface area contributed by atoms with Crippen LogP contribution in [0.3, 0.4) is 0 Å². The fourth-order valence-electron chi connectivity index (χ4n) is 1.25. The zero-order chi connectivity index (χ0) is 12.3. The van der Waals surface area contributed by atoms with E-state index in [-0.39, 0.29) is 16.2 Å². The summed E-state index contributed by atoms with van der Waals surface area (Å²) in [5.74, 6) is -0.675. The molecule has 0 aliphatic carbocycles. The maximum atomic E-state index is 11.9. The molecule has 5 heteroatoms. The van der Waals surface area contributed by atoms with E-state index in [1.165, 1.54) is 7.11 Å². The number of rotatable bonds is 3. The molecule has 0 amide bonds. The highest BCUT2D eigenvalue weighted by molar-refractivity contribution is 9.10. The maximum absolute atomic E-state index is 11.9. The number of carbonyl (C=O) groups excluding carboxylic acids is 2. The minimum absolute atomic E-state index is 0.159. The Morgan fingerprint density at radius 3 is 2.50 bits per heavy atom. The number of esters is 1. The second-order valence-corrected chi connectivity index (χ2v) is 5.36. The molecule has 0 aliphatic rings. The Bertz CT molecular complexity index is 427. The van der Waals surface area contributed by atoms with Crippen molar-refractivity contribution in [3.05, 3.63) is 33.8 Å². The predicted octanol–water partition coefficient (Wildman–Crippen LogP) is 3.20. The molecule has 1 unspecified atom stereocenters. The van der Waals surface area contributed by atoms with Gasteiger partial charge in [-0.05, 0) is 19.1 Å². The first kappa shape index (κ1) is 13.4. The molecule has 0 saturated carbocycles. The fraction of sp³-hybridized carbons (Fsp3) is 0.273. The van der Waals surface area contributed by atoms with Crippen molar-refractivity contribution in [1.82, 2.24) is 0 Å². The van der Waals surface area contributed by atoms with E-state index in [1.807, 2.05) is 0 Å². The van der Waals surface area contributed by atoms with Crippen LogP contribution in [0.5, 0.6) is 0 Å². The molecule has 1 atom stereocenters. The standard InChI is InChI=1S/C11H10Br2O3/c1-6(12)10(14)9-7(11(15)16-2)4-3-5-8(9)13/h3-6H,1-2H3. The first-order valence-electron chi connectivity index (χ1n) is 4.54. The van der Waals surface area contributed by atoms with E-state index in [9.17, 15) is 9.59 Å². The zero-order valence-corrected chi connectivity index (χ0v) is 12.0. The summed E-state index contributed by atoms with van der Waals surface area (Å²) in [6.45, 7) is 1.71. The van der Waals surface area contributed by atoms with E-state index in [4.69, 9.17) is 0 Å². The molecule has 0 aliphatic heterocycles. The molecule has 1 aromatic rings. The van der Waals surface area contributed by atoms with Crippen LogP contribution in [-0.4, -0.2) is 23.7 Å². The molecule has 0 spiro atoms. The second kappa shape index (κ2) is 5.59. The van der Waals surface area contributed by atoms with Gasteiger partial charge in [0, 0.05) is 10.0 Å². The number of methoxy groups -OCH3 is 1. The van der Waals surface area contributed by atoms with Crippen molar-refractivity contribution in [2.45, 2.75) is 11.8 Å². The molecule has 16 heavy (non-hydrogen) atoms. The number of carbonyl (C=O) groups is 2. The van der Waals surface area contributed by atoms with Crippen LogP contribution in [0, 0.1) is 0 Å². The predicted molar refractivity (Wildman–Crippen MR) is 68.2 cm³/mol. The van der Waals surface area contributed by atoms with Gasteiger partial charge in [0.1, 0.15) is 0 Å². The van der Waals surface area contributed by atoms with Gasteiger partial charge in [0.25, 0.3) is 0 Å². The van der Waals surface area contributed by atoms with Crippen LogP contribution in [0.4, 0.5) is 0 Å². The number of hydrogen-bond acceptors (Lipinski definition) is 3. The van der Waals surface area contributed by atoms with Crippen molar-refractivity contribution < 1.29 is 14.3 Å². The lowest BCUT2D eigenvalue weighted by Crippen LogP contribution is -2.16. The van der Waals surface area contributed by atoms with Crippen LogP contribution < -0.4 is 0 Å². The monoisotopic (exact) mass is 348 g/mol. The Kier molecular flexibility index (Phi) is 4.68. The average Bonchev–Trinajstić information content (AvgIpc) is 2.26. The molecule has 0 heterocycles. The smallest absolute Gasteiger partial charge is 0.338 e. The Morgan fingerprint density at radius 1 is 1.38 bits per heavy atom. The molecule has 1 rings (SSSR count). The van der Waals surface area contributed by atoms with E-state index in [2.05, 4.69) is 36.6 Å². The molecule has 0 bridgehead atoms. The average molecular weight is 350 g/mol. The summed E-state index contributed by atoms with van der Waals surface area (Å²) in [5.41, 5.74) is 0.618. The van der Waals surface area contributed by atoms with E-state index in [0.29, 0.717) is 10.0 Å². The van der Waals surface area contributed by atoms with E-state index >= 15 is 0 Å². The number of hydrogen-bond donors (Lipinski definition) is 0. The Morgan fingerprint density at radius 2 is 2.00 bits per heavy atom. The summed E-state index contributed by atoms with van der Waals surface area (Å²) < 4.78 is 5.22. The normalized spacial score (nSPS) is 12.0. The van der Waals surface area contributed by atoms with Gasteiger partial charge in [0.05, 0.1) is 17.5 Å². The van der Waals surface area contributed by atoms with E-state index in [0.717, 1.165) is 0 Å². The molecule has 0 fully saturated rings. The van der Waals surface area contributed by atoms with Crippen molar-refractivity contribution in [3.8, 4) is 0 Å². The quantitative estimate of drug-likeness (QED) is 0.478. The van der Waals surface area contributed by atoms with Crippen LogP contribution in [0.2, 0.25) is 0 Å². The number of Topliss-reactive ketones (excluding diaryl/α,β-unsaturated/α-hetero) is 1. The van der Waals surface area contributed by atoms with E-state index in [1.54, 1.807) is 25.1 Å². The molecule has 0 saturated heterocycles. The highest BCUT2D eigenvalue weighted by atomic mass is 79.9. The highest BCUT2D eigenvalue weighted by Crippen LogP contribution is 2.24. The SMILES string of the molecule is COC(=O)c1cccc(Br)c1C(=O)C(C)Br. The summed E-state index contributed by atoms with van der Waals surface area (Å²) in [5, 5.41) is 0. The van der Waals surface area contributed by atoms with Crippen LogP contribution in [0.25, 0.3) is 0 Å². The second-order valence-electron chi connectivity index (χ2n) is 3.13. The number of ether oxygens (including phenoxy) is 1. The third-order valence-corrected chi connectivity index (χ3v) is 3.10. The zero-order valence-electron chi connectivity index (χ0n) is 8.79. The summed E-state index contributed by atoms with van der Waals surface area (Å²) in [6.07, 6.45) is 0. The third kappa shape index (κ3) is 2.71. The van der Waals surface area contributed by atoms with Gasteiger partial charge in [-0.25, -0.2) is 4.79 Å². The number of ketones is 1. The minimum atomic E-state index is -0.516. The van der Waals surface area contributed by atoms with Gasteiger partial charge in [0.2, 0.25) is 0 Å². The van der Waals surface area contributed by atoms with Gasteiger partial charge in [-0.2, -0.15) is 0 Å². The van der Waals surface area contributed by atoms with Gasteiger partial charge in [-0.15, -0.1) is 0 Å².